The number of amides is 1. The van der Waals surface area contributed by atoms with Gasteiger partial charge in [0.2, 0.25) is 0 Å². The number of imidazole rings is 1. The average Bonchev–Trinajstić information content (AvgIpc) is 2.71. The molecule has 2 heterocycles. The van der Waals surface area contributed by atoms with Gasteiger partial charge < -0.3 is 15.0 Å². The summed E-state index contributed by atoms with van der Waals surface area (Å²) in [5.74, 6) is 0.534. The minimum atomic E-state index is -1.12. The van der Waals surface area contributed by atoms with E-state index in [9.17, 15) is 14.4 Å². The Kier molecular flexibility index (Phi) is 3.35. The maximum atomic E-state index is 12.1. The number of fused-ring (bicyclic) bond motifs is 1. The van der Waals surface area contributed by atoms with Crippen molar-refractivity contribution in [1.29, 1.82) is 0 Å². The molecule has 0 aromatic carbocycles. The number of carboxylic acid groups (broad SMARTS) is 1. The van der Waals surface area contributed by atoms with Crippen LogP contribution in [0.25, 0.3) is 11.2 Å². The molecule has 0 saturated heterocycles. The van der Waals surface area contributed by atoms with E-state index < -0.39 is 17.3 Å². The minimum Gasteiger partial charge on any atom is -0.465 e. The third-order valence-electron chi connectivity index (χ3n) is 3.19. The molecule has 20 heavy (non-hydrogen) atoms. The Morgan fingerprint density at radius 2 is 1.85 bits per heavy atom. The molecule has 2 rings (SSSR count). The number of nitrogens with one attached hydrogen (secondary N) is 1. The van der Waals surface area contributed by atoms with E-state index in [2.05, 4.69) is 10.3 Å². The molecule has 0 aliphatic rings. The van der Waals surface area contributed by atoms with Crippen LogP contribution in [-0.2, 0) is 27.6 Å². The zero-order valence-corrected chi connectivity index (χ0v) is 11.4. The number of aryl methyl sites for hydroxylation is 2. The van der Waals surface area contributed by atoms with Crippen molar-refractivity contribution in [3.8, 4) is 0 Å². The van der Waals surface area contributed by atoms with Crippen LogP contribution in [0.5, 0.6) is 0 Å². The van der Waals surface area contributed by atoms with Gasteiger partial charge in [-0.2, -0.15) is 0 Å². The summed E-state index contributed by atoms with van der Waals surface area (Å²) in [6, 6.07) is 0. The lowest BCUT2D eigenvalue weighted by atomic mass is 10.4. The van der Waals surface area contributed by atoms with Gasteiger partial charge in [0.05, 0.1) is 0 Å². The van der Waals surface area contributed by atoms with Gasteiger partial charge in [-0.25, -0.2) is 14.6 Å². The molecule has 2 aromatic heterocycles. The van der Waals surface area contributed by atoms with Crippen LogP contribution in [-0.4, -0.2) is 36.4 Å². The van der Waals surface area contributed by atoms with Crippen LogP contribution in [0.1, 0.15) is 5.82 Å². The third kappa shape index (κ3) is 2.06. The van der Waals surface area contributed by atoms with Crippen molar-refractivity contribution < 1.29 is 9.90 Å². The highest BCUT2D eigenvalue weighted by Gasteiger charge is 2.16. The maximum absolute atomic E-state index is 12.1. The third-order valence-corrected chi connectivity index (χ3v) is 3.19. The fraction of sp³-hybridized carbons (Fsp3) is 0.455. The lowest BCUT2D eigenvalue weighted by Gasteiger charge is -2.03. The molecule has 0 spiro atoms. The fourth-order valence-electron chi connectivity index (χ4n) is 2.07. The standard InChI is InChI=1S/C11H15N5O4/c1-14-6(4-5-12-10(18)19)13-8-7(14)9(17)16(3)11(20)15(8)2/h12H,4-5H2,1-3H3,(H,18,19). The van der Waals surface area contributed by atoms with Crippen LogP contribution in [0.4, 0.5) is 4.79 Å². The summed E-state index contributed by atoms with van der Waals surface area (Å²) >= 11 is 0. The zero-order valence-electron chi connectivity index (χ0n) is 11.4. The number of rotatable bonds is 3. The Hall–Kier alpha value is -2.58. The Labute approximate surface area is 113 Å². The summed E-state index contributed by atoms with van der Waals surface area (Å²) < 4.78 is 3.90. The van der Waals surface area contributed by atoms with E-state index in [1.165, 1.54) is 18.7 Å². The number of nitrogens with zero attached hydrogens (tertiary/aromatic N) is 4. The number of carbonyl (C=O) groups is 1. The van der Waals surface area contributed by atoms with Gasteiger partial charge in [0, 0.05) is 34.1 Å². The zero-order chi connectivity index (χ0) is 15.0. The van der Waals surface area contributed by atoms with Gasteiger partial charge in [-0.1, -0.05) is 0 Å². The Morgan fingerprint density at radius 3 is 2.45 bits per heavy atom. The molecule has 0 saturated carbocycles. The quantitative estimate of drug-likeness (QED) is 0.732. The molecular weight excluding hydrogens is 266 g/mol. The van der Waals surface area contributed by atoms with E-state index in [-0.39, 0.29) is 6.54 Å². The number of aromatic nitrogens is 4. The van der Waals surface area contributed by atoms with E-state index in [0.29, 0.717) is 23.4 Å². The van der Waals surface area contributed by atoms with Crippen LogP contribution >= 0.6 is 0 Å². The molecule has 9 nitrogen and oxygen atoms in total. The molecular formula is C11H15N5O4. The summed E-state index contributed by atoms with van der Waals surface area (Å²) in [5, 5.41) is 10.8. The molecule has 0 aliphatic heterocycles. The lowest BCUT2D eigenvalue weighted by Crippen LogP contribution is -2.37. The average molecular weight is 281 g/mol. The van der Waals surface area contributed by atoms with Crippen molar-refractivity contribution in [2.45, 2.75) is 6.42 Å². The highest BCUT2D eigenvalue weighted by molar-refractivity contribution is 5.71. The molecule has 1 amide bonds. The van der Waals surface area contributed by atoms with Gasteiger partial charge in [-0.05, 0) is 0 Å². The molecule has 108 valence electrons. The van der Waals surface area contributed by atoms with Crippen LogP contribution in [0, 0.1) is 0 Å². The molecule has 0 unspecified atom stereocenters. The summed E-state index contributed by atoms with van der Waals surface area (Å²) in [6.45, 7) is 0.181. The van der Waals surface area contributed by atoms with Crippen LogP contribution < -0.4 is 16.6 Å². The molecule has 0 fully saturated rings. The number of hydrogen-bond acceptors (Lipinski definition) is 4. The van der Waals surface area contributed by atoms with Crippen LogP contribution in [0.15, 0.2) is 9.59 Å². The normalized spacial score (nSPS) is 10.9. The highest BCUT2D eigenvalue weighted by Crippen LogP contribution is 2.08. The van der Waals surface area contributed by atoms with Gasteiger partial charge in [-0.3, -0.25) is 13.9 Å². The summed E-state index contributed by atoms with van der Waals surface area (Å²) in [6.07, 6.45) is -0.790. The highest BCUT2D eigenvalue weighted by atomic mass is 16.4. The van der Waals surface area contributed by atoms with Crippen molar-refractivity contribution >= 4 is 17.3 Å². The fourth-order valence-corrected chi connectivity index (χ4v) is 2.07. The minimum absolute atomic E-state index is 0.181. The Morgan fingerprint density at radius 1 is 1.20 bits per heavy atom. The van der Waals surface area contributed by atoms with E-state index in [1.807, 2.05) is 0 Å². The van der Waals surface area contributed by atoms with Crippen molar-refractivity contribution in [3.63, 3.8) is 0 Å². The number of hydrogen-bond donors (Lipinski definition) is 2. The molecule has 0 bridgehead atoms. The maximum Gasteiger partial charge on any atom is 0.404 e. The van der Waals surface area contributed by atoms with Gasteiger partial charge in [0.25, 0.3) is 5.56 Å². The molecule has 0 atom stereocenters. The summed E-state index contributed by atoms with van der Waals surface area (Å²) in [7, 11) is 4.61. The lowest BCUT2D eigenvalue weighted by molar-refractivity contribution is 0.194. The monoisotopic (exact) mass is 281 g/mol. The second kappa shape index (κ2) is 4.83. The summed E-state index contributed by atoms with van der Waals surface area (Å²) in [4.78, 5) is 38.6. The van der Waals surface area contributed by atoms with Crippen molar-refractivity contribution in [2.75, 3.05) is 6.54 Å². The van der Waals surface area contributed by atoms with Gasteiger partial charge in [0.1, 0.15) is 5.82 Å². The van der Waals surface area contributed by atoms with Gasteiger partial charge in [0.15, 0.2) is 11.2 Å². The molecule has 0 aliphatic carbocycles. The SMILES string of the molecule is Cn1c(=O)c2c(nc(CCNC(=O)O)n2C)n(C)c1=O. The Bertz CT molecular complexity index is 798. The van der Waals surface area contributed by atoms with Gasteiger partial charge >= 0.3 is 11.8 Å². The van der Waals surface area contributed by atoms with Crippen molar-refractivity contribution in [1.82, 2.24) is 24.0 Å². The summed E-state index contributed by atoms with van der Waals surface area (Å²) in [5.41, 5.74) is -0.253. The first-order chi connectivity index (χ1) is 9.34. The van der Waals surface area contributed by atoms with Crippen molar-refractivity contribution in [2.24, 2.45) is 21.1 Å². The Balaban J connectivity index is 2.56. The largest absolute Gasteiger partial charge is 0.465 e. The molecule has 9 heteroatoms. The second-order valence-electron chi connectivity index (χ2n) is 4.45. The van der Waals surface area contributed by atoms with E-state index >= 15 is 0 Å². The van der Waals surface area contributed by atoms with Crippen molar-refractivity contribution in [3.05, 3.63) is 26.7 Å². The molecule has 0 radical (unpaired) electrons. The van der Waals surface area contributed by atoms with Crippen LogP contribution in [0.2, 0.25) is 0 Å². The second-order valence-corrected chi connectivity index (χ2v) is 4.45. The topological polar surface area (TPSA) is 111 Å². The predicted molar refractivity (Wildman–Crippen MR) is 70.9 cm³/mol. The first-order valence-corrected chi connectivity index (χ1v) is 5.92. The van der Waals surface area contributed by atoms with E-state index in [4.69, 9.17) is 5.11 Å². The first-order valence-electron chi connectivity index (χ1n) is 5.92. The molecule has 2 N–H and O–H groups in total. The van der Waals surface area contributed by atoms with E-state index in [0.717, 1.165) is 4.57 Å². The van der Waals surface area contributed by atoms with E-state index in [1.54, 1.807) is 11.6 Å². The molecule has 2 aromatic rings. The first kappa shape index (κ1) is 13.8. The van der Waals surface area contributed by atoms with Crippen LogP contribution in [0.3, 0.4) is 0 Å². The smallest absolute Gasteiger partial charge is 0.404 e. The predicted octanol–water partition coefficient (Wildman–Crippen LogP) is -1.22. The van der Waals surface area contributed by atoms with Gasteiger partial charge in [-0.15, -0.1) is 0 Å².